The fourth-order valence-electron chi connectivity index (χ4n) is 3.18. The van der Waals surface area contributed by atoms with Crippen molar-refractivity contribution >= 4 is 0 Å². The second-order valence-electron chi connectivity index (χ2n) is 6.20. The van der Waals surface area contributed by atoms with Crippen LogP contribution in [0.4, 0.5) is 4.39 Å². The number of hydrogen-bond donors (Lipinski definition) is 0. The number of likely N-dealkylation sites (tertiary alicyclic amines) is 1. The predicted octanol–water partition coefficient (Wildman–Crippen LogP) is 3.23. The lowest BCUT2D eigenvalue weighted by Crippen LogP contribution is -2.20. The zero-order chi connectivity index (χ0) is 16.4. The molecule has 4 nitrogen and oxygen atoms in total. The molecule has 1 aliphatic heterocycles. The van der Waals surface area contributed by atoms with Crippen LogP contribution in [0.2, 0.25) is 0 Å². The Kier molecular flexibility index (Phi) is 4.57. The van der Waals surface area contributed by atoms with E-state index in [9.17, 15) is 4.39 Å². The van der Waals surface area contributed by atoms with E-state index in [1.807, 2.05) is 26.0 Å². The monoisotopic (exact) mass is 315 g/mol. The molecule has 23 heavy (non-hydrogen) atoms. The molecule has 0 amide bonds. The quantitative estimate of drug-likeness (QED) is 0.868. The lowest BCUT2D eigenvalue weighted by molar-refractivity contribution is 0.323. The highest BCUT2D eigenvalue weighted by Gasteiger charge is 2.26. The van der Waals surface area contributed by atoms with Gasteiger partial charge in [-0.25, -0.2) is 14.4 Å². The van der Waals surface area contributed by atoms with Gasteiger partial charge in [0, 0.05) is 30.4 Å². The molecular weight excluding hydrogens is 293 g/mol. The van der Waals surface area contributed by atoms with Crippen molar-refractivity contribution in [3.63, 3.8) is 0 Å². The van der Waals surface area contributed by atoms with Crippen molar-refractivity contribution in [1.82, 2.24) is 14.9 Å². The van der Waals surface area contributed by atoms with E-state index >= 15 is 0 Å². The molecule has 2 aromatic rings. The summed E-state index contributed by atoms with van der Waals surface area (Å²) in [6.07, 6.45) is 1.06. The molecule has 0 aliphatic carbocycles. The first kappa shape index (κ1) is 15.9. The Morgan fingerprint density at radius 3 is 2.65 bits per heavy atom. The first-order valence-electron chi connectivity index (χ1n) is 7.92. The van der Waals surface area contributed by atoms with Gasteiger partial charge < -0.3 is 4.74 Å². The number of ether oxygens (including phenoxy) is 1. The van der Waals surface area contributed by atoms with Crippen molar-refractivity contribution in [2.24, 2.45) is 0 Å². The van der Waals surface area contributed by atoms with E-state index in [1.54, 1.807) is 6.07 Å². The van der Waals surface area contributed by atoms with E-state index in [1.165, 1.54) is 13.2 Å². The third-order valence-corrected chi connectivity index (χ3v) is 4.26. The van der Waals surface area contributed by atoms with Crippen LogP contribution in [0.25, 0.3) is 0 Å². The van der Waals surface area contributed by atoms with E-state index in [2.05, 4.69) is 14.9 Å². The van der Waals surface area contributed by atoms with Crippen LogP contribution in [0.5, 0.6) is 5.75 Å². The molecule has 2 heterocycles. The highest BCUT2D eigenvalue weighted by molar-refractivity contribution is 5.30. The van der Waals surface area contributed by atoms with Gasteiger partial charge in [0.2, 0.25) is 0 Å². The standard InChI is InChI=1S/C18H22FN3O/c1-12-8-13(2)21-18(20-12)15-6-7-22(11-15)10-14-4-5-16(19)17(9-14)23-3/h4-5,8-9,15H,6-7,10-11H2,1-3H3/t15-/m0/s1. The average Bonchev–Trinajstić information content (AvgIpc) is 2.97. The minimum Gasteiger partial charge on any atom is -0.494 e. The van der Waals surface area contributed by atoms with Crippen molar-refractivity contribution < 1.29 is 9.13 Å². The number of rotatable bonds is 4. The van der Waals surface area contributed by atoms with Crippen LogP contribution < -0.4 is 4.74 Å². The number of halogens is 1. The van der Waals surface area contributed by atoms with E-state index in [0.29, 0.717) is 11.7 Å². The smallest absolute Gasteiger partial charge is 0.165 e. The molecule has 1 fully saturated rings. The zero-order valence-electron chi connectivity index (χ0n) is 13.8. The van der Waals surface area contributed by atoms with Gasteiger partial charge in [0.05, 0.1) is 7.11 Å². The molecule has 1 saturated heterocycles. The molecule has 5 heteroatoms. The number of aryl methyl sites for hydroxylation is 2. The summed E-state index contributed by atoms with van der Waals surface area (Å²) in [6, 6.07) is 7.06. The third kappa shape index (κ3) is 3.67. The SMILES string of the molecule is COc1cc(CN2CC[C@H](c3nc(C)cc(C)n3)C2)ccc1F. The van der Waals surface area contributed by atoms with Crippen LogP contribution in [-0.2, 0) is 6.54 Å². The van der Waals surface area contributed by atoms with Crippen molar-refractivity contribution in [3.8, 4) is 5.75 Å². The van der Waals surface area contributed by atoms with Crippen LogP contribution >= 0.6 is 0 Å². The van der Waals surface area contributed by atoms with E-state index in [-0.39, 0.29) is 5.82 Å². The normalized spacial score (nSPS) is 18.3. The van der Waals surface area contributed by atoms with Gasteiger partial charge >= 0.3 is 0 Å². The highest BCUT2D eigenvalue weighted by Crippen LogP contribution is 2.27. The number of aromatic nitrogens is 2. The largest absolute Gasteiger partial charge is 0.494 e. The summed E-state index contributed by atoms with van der Waals surface area (Å²) in [4.78, 5) is 11.5. The lowest BCUT2D eigenvalue weighted by atomic mass is 10.1. The van der Waals surface area contributed by atoms with E-state index in [4.69, 9.17) is 4.74 Å². The van der Waals surface area contributed by atoms with Crippen LogP contribution in [0, 0.1) is 19.7 Å². The zero-order valence-corrected chi connectivity index (χ0v) is 13.8. The topological polar surface area (TPSA) is 38.2 Å². The van der Waals surface area contributed by atoms with Gasteiger partial charge in [0.15, 0.2) is 11.6 Å². The molecule has 1 aromatic carbocycles. The van der Waals surface area contributed by atoms with Crippen molar-refractivity contribution in [3.05, 3.63) is 52.9 Å². The lowest BCUT2D eigenvalue weighted by Gasteiger charge is -2.16. The fraction of sp³-hybridized carbons (Fsp3) is 0.444. The van der Waals surface area contributed by atoms with Crippen LogP contribution in [0.15, 0.2) is 24.3 Å². The van der Waals surface area contributed by atoms with Gasteiger partial charge in [0.1, 0.15) is 5.82 Å². The summed E-state index contributed by atoms with van der Waals surface area (Å²) in [6.45, 7) is 6.74. The molecule has 0 bridgehead atoms. The van der Waals surface area contributed by atoms with Crippen LogP contribution in [-0.4, -0.2) is 35.1 Å². The number of benzene rings is 1. The van der Waals surface area contributed by atoms with Gasteiger partial charge in [-0.3, -0.25) is 4.90 Å². The molecule has 1 aromatic heterocycles. The van der Waals surface area contributed by atoms with Crippen LogP contribution in [0.3, 0.4) is 0 Å². The Labute approximate surface area is 136 Å². The Balaban J connectivity index is 1.68. The first-order chi connectivity index (χ1) is 11.0. The summed E-state index contributed by atoms with van der Waals surface area (Å²) in [5.74, 6) is 1.30. The first-order valence-corrected chi connectivity index (χ1v) is 7.92. The molecule has 1 aliphatic rings. The van der Waals surface area contributed by atoms with Gasteiger partial charge in [0.25, 0.3) is 0 Å². The Bertz CT molecular complexity index is 684. The summed E-state index contributed by atoms with van der Waals surface area (Å²) in [5, 5.41) is 0. The Morgan fingerprint density at radius 1 is 1.22 bits per heavy atom. The minimum absolute atomic E-state index is 0.302. The Morgan fingerprint density at radius 2 is 1.96 bits per heavy atom. The maximum absolute atomic E-state index is 13.5. The predicted molar refractivity (Wildman–Crippen MR) is 87.1 cm³/mol. The van der Waals surface area contributed by atoms with Crippen LogP contribution in [0.1, 0.15) is 35.1 Å². The highest BCUT2D eigenvalue weighted by atomic mass is 19.1. The minimum atomic E-state index is -0.320. The number of nitrogens with zero attached hydrogens (tertiary/aromatic N) is 3. The maximum atomic E-state index is 13.5. The van der Waals surface area contributed by atoms with E-state index < -0.39 is 0 Å². The van der Waals surface area contributed by atoms with Gasteiger partial charge in [-0.2, -0.15) is 0 Å². The average molecular weight is 315 g/mol. The molecular formula is C18H22FN3O. The number of methoxy groups -OCH3 is 1. The maximum Gasteiger partial charge on any atom is 0.165 e. The van der Waals surface area contributed by atoms with Gasteiger partial charge in [-0.15, -0.1) is 0 Å². The van der Waals surface area contributed by atoms with Crippen molar-refractivity contribution in [1.29, 1.82) is 0 Å². The second-order valence-corrected chi connectivity index (χ2v) is 6.20. The summed E-state index contributed by atoms with van der Waals surface area (Å²) >= 11 is 0. The molecule has 3 rings (SSSR count). The van der Waals surface area contributed by atoms with Gasteiger partial charge in [-0.1, -0.05) is 6.07 Å². The summed E-state index contributed by atoms with van der Waals surface area (Å²) in [7, 11) is 1.49. The molecule has 0 radical (unpaired) electrons. The molecule has 122 valence electrons. The molecule has 0 saturated carbocycles. The molecule has 1 atom stereocenters. The van der Waals surface area contributed by atoms with E-state index in [0.717, 1.165) is 48.8 Å². The third-order valence-electron chi connectivity index (χ3n) is 4.26. The van der Waals surface area contributed by atoms with Crippen molar-refractivity contribution in [2.45, 2.75) is 32.7 Å². The summed E-state index contributed by atoms with van der Waals surface area (Å²) in [5.41, 5.74) is 3.11. The Hall–Kier alpha value is -2.01. The summed E-state index contributed by atoms with van der Waals surface area (Å²) < 4.78 is 18.5. The fourth-order valence-corrected chi connectivity index (χ4v) is 3.18. The molecule has 0 spiro atoms. The van der Waals surface area contributed by atoms with Crippen molar-refractivity contribution in [2.75, 3.05) is 20.2 Å². The van der Waals surface area contributed by atoms with Gasteiger partial charge in [-0.05, 0) is 50.6 Å². The second kappa shape index (κ2) is 6.62. The molecule has 0 unspecified atom stereocenters. The number of hydrogen-bond acceptors (Lipinski definition) is 4. The molecule has 0 N–H and O–H groups in total.